The van der Waals surface area contributed by atoms with Gasteiger partial charge in [-0.3, -0.25) is 9.59 Å². The van der Waals surface area contributed by atoms with Gasteiger partial charge in [0.15, 0.2) is 0 Å². The second kappa shape index (κ2) is 8.94. The number of benzene rings is 2. The minimum Gasteiger partial charge on any atom is -0.361 e. The molecule has 1 fully saturated rings. The first-order chi connectivity index (χ1) is 15.4. The molecular formula is C25H26FN3O3. The SMILES string of the molecule is CN(C)C(=O)[C@@]1(Cc2cc(-c3ccccc3)no2)CCCN(C(=O)c2cccc(F)c2)C1. The minimum absolute atomic E-state index is 0.0631. The van der Waals surface area contributed by atoms with Crippen molar-refractivity contribution in [2.45, 2.75) is 19.3 Å². The van der Waals surface area contributed by atoms with Gasteiger partial charge in [-0.25, -0.2) is 4.39 Å². The first-order valence-electron chi connectivity index (χ1n) is 10.7. The number of nitrogens with zero attached hydrogens (tertiary/aromatic N) is 3. The van der Waals surface area contributed by atoms with Crippen molar-refractivity contribution >= 4 is 11.8 Å². The fourth-order valence-electron chi connectivity index (χ4n) is 4.45. The maximum atomic E-state index is 13.7. The lowest BCUT2D eigenvalue weighted by atomic mass is 9.75. The first kappa shape index (κ1) is 21.7. The fourth-order valence-corrected chi connectivity index (χ4v) is 4.45. The number of carbonyl (C=O) groups is 2. The highest BCUT2D eigenvalue weighted by atomic mass is 19.1. The largest absolute Gasteiger partial charge is 0.361 e. The van der Waals surface area contributed by atoms with E-state index in [4.69, 9.17) is 4.52 Å². The van der Waals surface area contributed by atoms with E-state index in [-0.39, 0.29) is 23.9 Å². The Morgan fingerprint density at radius 1 is 1.12 bits per heavy atom. The molecular weight excluding hydrogens is 409 g/mol. The molecule has 1 atom stereocenters. The van der Waals surface area contributed by atoms with Crippen molar-refractivity contribution in [1.29, 1.82) is 0 Å². The standard InChI is InChI=1S/C25H26FN3O3/c1-28(2)24(31)25(16-21-15-22(27-32-21)18-8-4-3-5-9-18)12-7-13-29(17-25)23(30)19-10-6-11-20(26)14-19/h3-6,8-11,14-15H,7,12-13,16-17H2,1-2H3/t25-/m1/s1. The van der Waals surface area contributed by atoms with Crippen LogP contribution in [0.4, 0.5) is 4.39 Å². The van der Waals surface area contributed by atoms with Gasteiger partial charge in [-0.2, -0.15) is 0 Å². The highest BCUT2D eigenvalue weighted by molar-refractivity contribution is 5.95. The summed E-state index contributed by atoms with van der Waals surface area (Å²) in [6, 6.07) is 17.2. The Morgan fingerprint density at radius 3 is 2.62 bits per heavy atom. The molecule has 0 bridgehead atoms. The van der Waals surface area contributed by atoms with E-state index in [0.29, 0.717) is 37.3 Å². The molecule has 0 saturated carbocycles. The summed E-state index contributed by atoms with van der Waals surface area (Å²) in [5, 5.41) is 4.18. The third kappa shape index (κ3) is 4.42. The number of amides is 2. The number of halogens is 1. The Kier molecular flexibility index (Phi) is 6.08. The van der Waals surface area contributed by atoms with Crippen molar-refractivity contribution in [3.8, 4) is 11.3 Å². The monoisotopic (exact) mass is 435 g/mol. The molecule has 0 spiro atoms. The Bertz CT molecular complexity index is 1110. The van der Waals surface area contributed by atoms with E-state index in [2.05, 4.69) is 5.16 Å². The van der Waals surface area contributed by atoms with E-state index in [9.17, 15) is 14.0 Å². The van der Waals surface area contributed by atoms with Crippen LogP contribution in [-0.2, 0) is 11.2 Å². The van der Waals surface area contributed by atoms with Gasteiger partial charge in [0.25, 0.3) is 5.91 Å². The molecule has 6 nitrogen and oxygen atoms in total. The molecule has 1 saturated heterocycles. The molecule has 7 heteroatoms. The lowest BCUT2D eigenvalue weighted by Crippen LogP contribution is -2.54. The van der Waals surface area contributed by atoms with Crippen molar-refractivity contribution in [1.82, 2.24) is 15.0 Å². The molecule has 0 radical (unpaired) electrons. The van der Waals surface area contributed by atoms with Crippen molar-refractivity contribution in [3.63, 3.8) is 0 Å². The quantitative estimate of drug-likeness (QED) is 0.607. The zero-order chi connectivity index (χ0) is 22.7. The van der Waals surface area contributed by atoms with Gasteiger partial charge in [0.1, 0.15) is 17.3 Å². The molecule has 3 aromatic rings. The van der Waals surface area contributed by atoms with Gasteiger partial charge in [-0.1, -0.05) is 41.6 Å². The molecule has 4 rings (SSSR count). The number of hydrogen-bond acceptors (Lipinski definition) is 4. The van der Waals surface area contributed by atoms with Gasteiger partial charge in [-0.05, 0) is 31.0 Å². The van der Waals surface area contributed by atoms with Gasteiger partial charge >= 0.3 is 0 Å². The summed E-state index contributed by atoms with van der Waals surface area (Å²) in [7, 11) is 3.43. The van der Waals surface area contributed by atoms with Gasteiger partial charge in [0.05, 0.1) is 5.41 Å². The Labute approximate surface area is 186 Å². The van der Waals surface area contributed by atoms with Crippen LogP contribution in [-0.4, -0.2) is 54.0 Å². The van der Waals surface area contributed by atoms with Gasteiger partial charge in [-0.15, -0.1) is 0 Å². The van der Waals surface area contributed by atoms with Crippen LogP contribution in [0.3, 0.4) is 0 Å². The van der Waals surface area contributed by atoms with Crippen LogP contribution in [0.5, 0.6) is 0 Å². The maximum Gasteiger partial charge on any atom is 0.253 e. The normalized spacial score (nSPS) is 18.4. The average molecular weight is 435 g/mol. The van der Waals surface area contributed by atoms with E-state index in [1.807, 2.05) is 36.4 Å². The topological polar surface area (TPSA) is 66.7 Å². The Morgan fingerprint density at radius 2 is 1.91 bits per heavy atom. The second-order valence-corrected chi connectivity index (χ2v) is 8.54. The maximum absolute atomic E-state index is 13.7. The van der Waals surface area contributed by atoms with E-state index in [0.717, 1.165) is 5.56 Å². The fraction of sp³-hybridized carbons (Fsp3) is 0.320. The second-order valence-electron chi connectivity index (χ2n) is 8.54. The highest BCUT2D eigenvalue weighted by Gasteiger charge is 2.45. The van der Waals surface area contributed by atoms with Crippen LogP contribution in [0.25, 0.3) is 11.3 Å². The number of likely N-dealkylation sites (tertiary alicyclic amines) is 1. The van der Waals surface area contributed by atoms with Crippen molar-refractivity contribution < 1.29 is 18.5 Å². The molecule has 0 N–H and O–H groups in total. The number of carbonyl (C=O) groups excluding carboxylic acids is 2. The van der Waals surface area contributed by atoms with Crippen molar-refractivity contribution in [2.75, 3.05) is 27.2 Å². The Balaban J connectivity index is 1.61. The summed E-state index contributed by atoms with van der Waals surface area (Å²) < 4.78 is 19.3. The summed E-state index contributed by atoms with van der Waals surface area (Å²) >= 11 is 0. The van der Waals surface area contributed by atoms with Gasteiger partial charge < -0.3 is 14.3 Å². The summed E-state index contributed by atoms with van der Waals surface area (Å²) in [6.45, 7) is 0.754. The lowest BCUT2D eigenvalue weighted by molar-refractivity contribution is -0.142. The lowest BCUT2D eigenvalue weighted by Gasteiger charge is -2.42. The van der Waals surface area contributed by atoms with E-state index in [1.54, 1.807) is 30.0 Å². The molecule has 0 aliphatic carbocycles. The number of piperidine rings is 1. The van der Waals surface area contributed by atoms with Gasteiger partial charge in [0.2, 0.25) is 5.91 Å². The zero-order valence-electron chi connectivity index (χ0n) is 18.3. The molecule has 2 aromatic carbocycles. The van der Waals surface area contributed by atoms with E-state index in [1.165, 1.54) is 18.2 Å². The molecule has 1 aromatic heterocycles. The van der Waals surface area contributed by atoms with Crippen LogP contribution in [0.2, 0.25) is 0 Å². The van der Waals surface area contributed by atoms with Crippen molar-refractivity contribution in [2.24, 2.45) is 5.41 Å². The summed E-state index contributed by atoms with van der Waals surface area (Å²) in [5.74, 6) is -0.202. The van der Waals surface area contributed by atoms with Crippen LogP contribution in [0.15, 0.2) is 65.2 Å². The third-order valence-electron chi connectivity index (χ3n) is 5.94. The predicted octanol–water partition coefficient (Wildman–Crippen LogP) is 4.03. The third-order valence-corrected chi connectivity index (χ3v) is 5.94. The summed E-state index contributed by atoms with van der Waals surface area (Å²) in [6.07, 6.45) is 1.62. The molecule has 2 amide bonds. The number of hydrogen-bond donors (Lipinski definition) is 0. The van der Waals surface area contributed by atoms with Crippen LogP contribution < -0.4 is 0 Å². The molecule has 2 heterocycles. The molecule has 32 heavy (non-hydrogen) atoms. The summed E-state index contributed by atoms with van der Waals surface area (Å²) in [4.78, 5) is 29.6. The highest BCUT2D eigenvalue weighted by Crippen LogP contribution is 2.37. The average Bonchev–Trinajstić information content (AvgIpc) is 3.27. The van der Waals surface area contributed by atoms with Crippen LogP contribution >= 0.6 is 0 Å². The predicted molar refractivity (Wildman–Crippen MR) is 118 cm³/mol. The summed E-state index contributed by atoms with van der Waals surface area (Å²) in [5.41, 5.74) is 1.08. The first-order valence-corrected chi connectivity index (χ1v) is 10.7. The molecule has 1 aliphatic rings. The van der Waals surface area contributed by atoms with E-state index < -0.39 is 11.2 Å². The van der Waals surface area contributed by atoms with Gasteiger partial charge in [0, 0.05) is 50.8 Å². The van der Waals surface area contributed by atoms with Crippen molar-refractivity contribution in [3.05, 3.63) is 77.8 Å². The molecule has 1 aliphatic heterocycles. The number of aromatic nitrogens is 1. The molecule has 0 unspecified atom stereocenters. The van der Waals surface area contributed by atoms with E-state index >= 15 is 0 Å². The van der Waals surface area contributed by atoms with Crippen LogP contribution in [0.1, 0.15) is 29.0 Å². The molecule has 166 valence electrons. The number of rotatable bonds is 5. The minimum atomic E-state index is -0.835. The Hall–Kier alpha value is -3.48. The smallest absolute Gasteiger partial charge is 0.253 e. The van der Waals surface area contributed by atoms with Crippen LogP contribution in [0, 0.1) is 11.2 Å². The zero-order valence-corrected chi connectivity index (χ0v) is 18.3.